The number of carbonyl (C=O) groups is 1. The minimum atomic E-state index is -0.509. The molecule has 0 fully saturated rings. The van der Waals surface area contributed by atoms with Crippen molar-refractivity contribution in [2.75, 3.05) is 12.3 Å². The summed E-state index contributed by atoms with van der Waals surface area (Å²) in [6.45, 7) is 2.87. The van der Waals surface area contributed by atoms with Crippen molar-refractivity contribution in [3.05, 3.63) is 29.3 Å². The number of aromatic nitrogens is 2. The van der Waals surface area contributed by atoms with Crippen LogP contribution < -0.4 is 5.32 Å². The molecule has 0 saturated heterocycles. The molecule has 0 unspecified atom stereocenters. The summed E-state index contributed by atoms with van der Waals surface area (Å²) in [6, 6.07) is 2.83. The van der Waals surface area contributed by atoms with Gasteiger partial charge in [0.15, 0.2) is 5.78 Å². The number of fused-ring (bicyclic) bond motifs is 1. The summed E-state index contributed by atoms with van der Waals surface area (Å²) in [6.07, 6.45) is 3.39. The summed E-state index contributed by atoms with van der Waals surface area (Å²) in [5.41, 5.74) is 1.32. The Balaban J connectivity index is 1.97. The van der Waals surface area contributed by atoms with E-state index in [1.807, 2.05) is 0 Å². The zero-order valence-corrected chi connectivity index (χ0v) is 13.0. The summed E-state index contributed by atoms with van der Waals surface area (Å²) in [5.74, 6) is 0.874. The number of nitrogens with zero attached hydrogens (tertiary/aromatic N) is 1. The topological polar surface area (TPSA) is 57.8 Å². The maximum Gasteiger partial charge on any atom is 0.162 e. The molecule has 0 spiro atoms. The van der Waals surface area contributed by atoms with Crippen LogP contribution in [0, 0.1) is 5.82 Å². The second-order valence-corrected chi connectivity index (χ2v) is 5.50. The number of nitrogens with one attached hydrogen (secondary N) is 2. The van der Waals surface area contributed by atoms with E-state index in [1.165, 1.54) is 19.1 Å². The molecule has 6 heteroatoms. The van der Waals surface area contributed by atoms with Crippen molar-refractivity contribution < 1.29 is 9.18 Å². The fraction of sp³-hybridized carbons (Fsp3) is 0.467. The van der Waals surface area contributed by atoms with E-state index in [0.29, 0.717) is 17.6 Å². The van der Waals surface area contributed by atoms with Gasteiger partial charge in [-0.15, -0.1) is 0 Å². The summed E-state index contributed by atoms with van der Waals surface area (Å²) in [4.78, 5) is 18.8. The van der Waals surface area contributed by atoms with E-state index in [9.17, 15) is 9.18 Å². The molecule has 1 aromatic heterocycles. The first-order valence-electron chi connectivity index (χ1n) is 7.12. The van der Waals surface area contributed by atoms with Crippen LogP contribution in [0.15, 0.2) is 12.1 Å². The minimum Gasteiger partial charge on any atom is -0.341 e. The molecular weight excluding hydrogens is 289 g/mol. The van der Waals surface area contributed by atoms with Gasteiger partial charge in [0, 0.05) is 6.07 Å². The Morgan fingerprint density at radius 1 is 1.38 bits per heavy atom. The third-order valence-electron chi connectivity index (χ3n) is 3.30. The number of hydrogen-bond donors (Lipinski definition) is 3. The van der Waals surface area contributed by atoms with Crippen LogP contribution in [-0.4, -0.2) is 28.0 Å². The summed E-state index contributed by atoms with van der Waals surface area (Å²) < 4.78 is 13.7. The van der Waals surface area contributed by atoms with Gasteiger partial charge < -0.3 is 10.3 Å². The Labute approximate surface area is 128 Å². The molecule has 2 rings (SSSR count). The Hall–Kier alpha value is -1.40. The minimum absolute atomic E-state index is 0.0836. The second-order valence-electron chi connectivity index (χ2n) is 5.05. The lowest BCUT2D eigenvalue weighted by Gasteiger charge is -2.01. The molecule has 0 aliphatic carbocycles. The number of imidazole rings is 1. The van der Waals surface area contributed by atoms with Crippen molar-refractivity contribution in [3.8, 4) is 0 Å². The smallest absolute Gasteiger partial charge is 0.162 e. The SMILES string of the molecule is CC(=O)c1cc2nc(CNCCCCCS)[nH]c2cc1F. The first kappa shape index (κ1) is 16.0. The zero-order chi connectivity index (χ0) is 15.2. The number of carbonyl (C=O) groups excluding carboxylic acids is 1. The van der Waals surface area contributed by atoms with Gasteiger partial charge in [-0.2, -0.15) is 12.6 Å². The van der Waals surface area contributed by atoms with Gasteiger partial charge in [-0.25, -0.2) is 9.37 Å². The van der Waals surface area contributed by atoms with Crippen LogP contribution in [0.25, 0.3) is 11.0 Å². The van der Waals surface area contributed by atoms with Crippen molar-refractivity contribution in [2.24, 2.45) is 0 Å². The van der Waals surface area contributed by atoms with Gasteiger partial charge in [-0.1, -0.05) is 6.42 Å². The van der Waals surface area contributed by atoms with Crippen LogP contribution in [-0.2, 0) is 6.54 Å². The van der Waals surface area contributed by atoms with E-state index in [2.05, 4.69) is 27.9 Å². The zero-order valence-electron chi connectivity index (χ0n) is 12.1. The van der Waals surface area contributed by atoms with E-state index >= 15 is 0 Å². The molecule has 4 nitrogen and oxygen atoms in total. The normalized spacial score (nSPS) is 11.2. The largest absolute Gasteiger partial charge is 0.341 e. The Bertz CT molecular complexity index is 627. The summed E-state index contributed by atoms with van der Waals surface area (Å²) >= 11 is 4.17. The lowest BCUT2D eigenvalue weighted by molar-refractivity contribution is 0.101. The summed E-state index contributed by atoms with van der Waals surface area (Å²) in [7, 11) is 0. The van der Waals surface area contributed by atoms with Gasteiger partial charge in [0.2, 0.25) is 0 Å². The van der Waals surface area contributed by atoms with Gasteiger partial charge in [-0.05, 0) is 38.1 Å². The van der Waals surface area contributed by atoms with Crippen LogP contribution in [0.1, 0.15) is 42.4 Å². The third kappa shape index (κ3) is 4.28. The van der Waals surface area contributed by atoms with Crippen molar-refractivity contribution in [1.82, 2.24) is 15.3 Å². The quantitative estimate of drug-likeness (QED) is 0.399. The average molecular weight is 309 g/mol. The fourth-order valence-electron chi connectivity index (χ4n) is 2.18. The number of H-pyrrole nitrogens is 1. The third-order valence-corrected chi connectivity index (χ3v) is 3.62. The number of thiol groups is 1. The Morgan fingerprint density at radius 3 is 2.90 bits per heavy atom. The van der Waals surface area contributed by atoms with Gasteiger partial charge in [0.1, 0.15) is 11.6 Å². The fourth-order valence-corrected chi connectivity index (χ4v) is 2.41. The molecular formula is C15H20FN3OS. The number of benzene rings is 1. The molecule has 0 atom stereocenters. The Morgan fingerprint density at radius 2 is 2.19 bits per heavy atom. The number of Topliss-reactive ketones (excluding diaryl/α,β-unsaturated/α-hetero) is 1. The molecule has 0 radical (unpaired) electrons. The van der Waals surface area contributed by atoms with Crippen LogP contribution in [0.5, 0.6) is 0 Å². The van der Waals surface area contributed by atoms with Crippen LogP contribution in [0.3, 0.4) is 0 Å². The van der Waals surface area contributed by atoms with E-state index in [4.69, 9.17) is 0 Å². The van der Waals surface area contributed by atoms with E-state index in [-0.39, 0.29) is 11.3 Å². The first-order chi connectivity index (χ1) is 10.1. The highest BCUT2D eigenvalue weighted by Gasteiger charge is 2.11. The number of halogens is 1. The molecule has 0 aliphatic heterocycles. The van der Waals surface area contributed by atoms with Crippen LogP contribution >= 0.6 is 12.6 Å². The lowest BCUT2D eigenvalue weighted by Crippen LogP contribution is -2.15. The lowest BCUT2D eigenvalue weighted by atomic mass is 10.1. The average Bonchev–Trinajstić information content (AvgIpc) is 2.83. The molecule has 21 heavy (non-hydrogen) atoms. The van der Waals surface area contributed by atoms with Crippen LogP contribution in [0.2, 0.25) is 0 Å². The number of unbranched alkanes of at least 4 members (excludes halogenated alkanes) is 2. The predicted octanol–water partition coefficient (Wildman–Crippen LogP) is 3.09. The number of rotatable bonds is 8. The van der Waals surface area contributed by atoms with Gasteiger partial charge in [0.25, 0.3) is 0 Å². The maximum atomic E-state index is 13.7. The van der Waals surface area contributed by atoms with Crippen LogP contribution in [0.4, 0.5) is 4.39 Å². The highest BCUT2D eigenvalue weighted by molar-refractivity contribution is 7.80. The molecule has 1 heterocycles. The number of hydrogen-bond acceptors (Lipinski definition) is 4. The summed E-state index contributed by atoms with van der Waals surface area (Å²) in [5, 5.41) is 3.29. The van der Waals surface area contributed by atoms with E-state index in [0.717, 1.165) is 37.4 Å². The molecule has 0 saturated carbocycles. The van der Waals surface area contributed by atoms with Gasteiger partial charge in [-0.3, -0.25) is 4.79 Å². The van der Waals surface area contributed by atoms with Crippen molar-refractivity contribution >= 4 is 29.4 Å². The van der Waals surface area contributed by atoms with E-state index in [1.54, 1.807) is 0 Å². The molecule has 114 valence electrons. The molecule has 2 N–H and O–H groups in total. The highest BCUT2D eigenvalue weighted by Crippen LogP contribution is 2.18. The number of ketones is 1. The predicted molar refractivity (Wildman–Crippen MR) is 85.5 cm³/mol. The molecule has 1 aromatic carbocycles. The van der Waals surface area contributed by atoms with Crippen molar-refractivity contribution in [1.29, 1.82) is 0 Å². The van der Waals surface area contributed by atoms with Gasteiger partial charge in [0.05, 0.1) is 23.1 Å². The maximum absolute atomic E-state index is 13.7. The van der Waals surface area contributed by atoms with Crippen molar-refractivity contribution in [3.63, 3.8) is 0 Å². The van der Waals surface area contributed by atoms with Gasteiger partial charge >= 0.3 is 0 Å². The molecule has 0 amide bonds. The number of aromatic amines is 1. The van der Waals surface area contributed by atoms with E-state index < -0.39 is 5.82 Å². The molecule has 0 bridgehead atoms. The first-order valence-corrected chi connectivity index (χ1v) is 7.75. The second kappa shape index (κ2) is 7.56. The Kier molecular flexibility index (Phi) is 5.76. The highest BCUT2D eigenvalue weighted by atomic mass is 32.1. The molecule has 0 aliphatic rings. The monoisotopic (exact) mass is 309 g/mol. The standard InChI is InChI=1S/C15H20FN3OS/c1-10(20)11-7-13-14(8-12(11)16)19-15(18-13)9-17-5-3-2-4-6-21/h7-8,17,21H,2-6,9H2,1H3,(H,18,19). The molecule has 2 aromatic rings. The van der Waals surface area contributed by atoms with Crippen molar-refractivity contribution in [2.45, 2.75) is 32.7 Å².